The summed E-state index contributed by atoms with van der Waals surface area (Å²) in [5, 5.41) is 7.84. The van der Waals surface area contributed by atoms with E-state index in [0.29, 0.717) is 11.3 Å². The molecule has 0 aliphatic rings. The molecule has 2 aromatic rings. The van der Waals surface area contributed by atoms with E-state index in [1.807, 2.05) is 31.2 Å². The minimum atomic E-state index is -3.81. The van der Waals surface area contributed by atoms with Crippen molar-refractivity contribution < 1.29 is 13.2 Å². The molecule has 3 N–H and O–H groups in total. The Morgan fingerprint density at radius 1 is 1.13 bits per heavy atom. The van der Waals surface area contributed by atoms with Crippen LogP contribution in [0.15, 0.2) is 52.3 Å². The zero-order chi connectivity index (χ0) is 17.0. The second-order valence-corrected chi connectivity index (χ2v) is 7.75. The van der Waals surface area contributed by atoms with Gasteiger partial charge in [-0.1, -0.05) is 23.8 Å². The van der Waals surface area contributed by atoms with Crippen molar-refractivity contribution >= 4 is 33.4 Å². The minimum absolute atomic E-state index is 0.0153. The molecule has 7 heteroatoms. The van der Waals surface area contributed by atoms with Gasteiger partial charge in [0.2, 0.25) is 15.9 Å². The molecule has 0 aliphatic heterocycles. The van der Waals surface area contributed by atoms with Crippen LogP contribution < -0.4 is 10.5 Å². The van der Waals surface area contributed by atoms with Crippen LogP contribution in [0.4, 0.5) is 5.69 Å². The van der Waals surface area contributed by atoms with Gasteiger partial charge in [0.05, 0.1) is 10.6 Å². The van der Waals surface area contributed by atoms with Gasteiger partial charge < -0.3 is 5.32 Å². The van der Waals surface area contributed by atoms with E-state index >= 15 is 0 Å². The van der Waals surface area contributed by atoms with Crippen molar-refractivity contribution in [3.8, 4) is 0 Å². The molecule has 0 spiro atoms. The first-order valence-corrected chi connectivity index (χ1v) is 9.41. The van der Waals surface area contributed by atoms with Gasteiger partial charge in [-0.05, 0) is 43.7 Å². The van der Waals surface area contributed by atoms with Crippen molar-refractivity contribution in [2.24, 2.45) is 5.14 Å². The Bertz CT molecular complexity index is 816. The Labute approximate surface area is 140 Å². The van der Waals surface area contributed by atoms with E-state index in [9.17, 15) is 13.2 Å². The van der Waals surface area contributed by atoms with E-state index in [-0.39, 0.29) is 16.6 Å². The number of carbonyl (C=O) groups is 1. The van der Waals surface area contributed by atoms with Crippen LogP contribution in [-0.4, -0.2) is 20.1 Å². The first-order chi connectivity index (χ1) is 10.8. The number of thioether (sulfide) groups is 1. The van der Waals surface area contributed by atoms with E-state index in [2.05, 4.69) is 5.32 Å². The topological polar surface area (TPSA) is 89.3 Å². The van der Waals surface area contributed by atoms with Gasteiger partial charge in [0.15, 0.2) is 0 Å². The average Bonchev–Trinajstić information content (AvgIpc) is 2.47. The Kier molecular flexibility index (Phi) is 5.46. The summed E-state index contributed by atoms with van der Waals surface area (Å²) in [6, 6.07) is 12.5. The molecule has 0 unspecified atom stereocenters. The summed E-state index contributed by atoms with van der Waals surface area (Å²) < 4.78 is 23.0. The number of anilines is 1. The van der Waals surface area contributed by atoms with Crippen LogP contribution in [0.25, 0.3) is 0 Å². The second-order valence-electron chi connectivity index (χ2n) is 5.18. The molecule has 0 bridgehead atoms. The zero-order valence-corrected chi connectivity index (χ0v) is 14.5. The van der Waals surface area contributed by atoms with Crippen molar-refractivity contribution in [2.75, 3.05) is 11.1 Å². The molecule has 1 amide bonds. The maximum Gasteiger partial charge on any atom is 0.238 e. The Hall–Kier alpha value is -1.83. The fourth-order valence-electron chi connectivity index (χ4n) is 1.96. The van der Waals surface area contributed by atoms with Crippen LogP contribution >= 0.6 is 11.8 Å². The molecule has 0 heterocycles. The number of hydrogen-bond acceptors (Lipinski definition) is 4. The van der Waals surface area contributed by atoms with Crippen LogP contribution in [0, 0.1) is 13.8 Å². The average molecular weight is 350 g/mol. The van der Waals surface area contributed by atoms with E-state index in [1.54, 1.807) is 19.1 Å². The fraction of sp³-hybridized carbons (Fsp3) is 0.188. The Morgan fingerprint density at radius 2 is 1.78 bits per heavy atom. The molecule has 122 valence electrons. The predicted molar refractivity (Wildman–Crippen MR) is 93.1 cm³/mol. The van der Waals surface area contributed by atoms with E-state index in [0.717, 1.165) is 10.5 Å². The summed E-state index contributed by atoms with van der Waals surface area (Å²) >= 11 is 1.41. The first-order valence-electron chi connectivity index (χ1n) is 6.88. The predicted octanol–water partition coefficient (Wildman–Crippen LogP) is 2.68. The summed E-state index contributed by atoms with van der Waals surface area (Å²) in [6.07, 6.45) is 0. The molecule has 2 aromatic carbocycles. The lowest BCUT2D eigenvalue weighted by Crippen LogP contribution is -2.17. The van der Waals surface area contributed by atoms with Crippen LogP contribution in [0.2, 0.25) is 0 Å². The van der Waals surface area contributed by atoms with Gasteiger partial charge in [0, 0.05) is 10.6 Å². The molecule has 5 nitrogen and oxygen atoms in total. The van der Waals surface area contributed by atoms with Gasteiger partial charge in [-0.25, -0.2) is 13.6 Å². The van der Waals surface area contributed by atoms with E-state index < -0.39 is 10.0 Å². The van der Waals surface area contributed by atoms with Crippen LogP contribution in [-0.2, 0) is 14.8 Å². The maximum absolute atomic E-state index is 12.0. The van der Waals surface area contributed by atoms with Gasteiger partial charge in [-0.15, -0.1) is 11.8 Å². The Balaban J connectivity index is 2.01. The fourth-order valence-corrected chi connectivity index (χ4v) is 3.47. The van der Waals surface area contributed by atoms with Crippen molar-refractivity contribution in [1.29, 1.82) is 0 Å². The summed E-state index contributed by atoms with van der Waals surface area (Å²) in [6.45, 7) is 3.65. The molecule has 0 atom stereocenters. The quantitative estimate of drug-likeness (QED) is 0.811. The highest BCUT2D eigenvalue weighted by atomic mass is 32.2. The number of hydrogen-bond donors (Lipinski definition) is 2. The monoisotopic (exact) mass is 350 g/mol. The molecule has 23 heavy (non-hydrogen) atoms. The molecule has 2 rings (SSSR count). The highest BCUT2D eigenvalue weighted by Gasteiger charge is 2.13. The Morgan fingerprint density at radius 3 is 2.39 bits per heavy atom. The SMILES string of the molecule is Cc1ccc(SCC(=O)Nc2ccc(C)c(S(N)(=O)=O)c2)cc1. The van der Waals surface area contributed by atoms with Crippen LogP contribution in [0.5, 0.6) is 0 Å². The summed E-state index contributed by atoms with van der Waals surface area (Å²) in [4.78, 5) is 13.0. The van der Waals surface area contributed by atoms with E-state index in [4.69, 9.17) is 5.14 Å². The lowest BCUT2D eigenvalue weighted by Gasteiger charge is -2.09. The molecule has 0 aromatic heterocycles. The van der Waals surface area contributed by atoms with Crippen molar-refractivity contribution in [3.63, 3.8) is 0 Å². The lowest BCUT2D eigenvalue weighted by atomic mass is 10.2. The number of carbonyl (C=O) groups excluding carboxylic acids is 1. The van der Waals surface area contributed by atoms with E-state index in [1.165, 1.54) is 17.8 Å². The third kappa shape index (κ3) is 5.09. The van der Waals surface area contributed by atoms with Crippen molar-refractivity contribution in [1.82, 2.24) is 0 Å². The third-order valence-corrected chi connectivity index (χ3v) is 5.23. The summed E-state index contributed by atoms with van der Waals surface area (Å²) in [5.74, 6) is 0.0292. The zero-order valence-electron chi connectivity index (χ0n) is 12.9. The number of nitrogens with one attached hydrogen (secondary N) is 1. The largest absolute Gasteiger partial charge is 0.325 e. The number of nitrogens with two attached hydrogens (primary N) is 1. The van der Waals surface area contributed by atoms with Crippen LogP contribution in [0.3, 0.4) is 0 Å². The number of primary sulfonamides is 1. The normalized spacial score (nSPS) is 11.3. The molecule has 0 aliphatic carbocycles. The number of benzene rings is 2. The maximum atomic E-state index is 12.0. The first kappa shape index (κ1) is 17.5. The molecule has 0 saturated carbocycles. The summed E-state index contributed by atoms with van der Waals surface area (Å²) in [7, 11) is -3.81. The van der Waals surface area contributed by atoms with Gasteiger partial charge in [0.1, 0.15) is 0 Å². The molecule has 0 radical (unpaired) electrons. The molecule has 0 fully saturated rings. The van der Waals surface area contributed by atoms with Gasteiger partial charge in [-0.3, -0.25) is 4.79 Å². The molecule has 0 saturated heterocycles. The van der Waals surface area contributed by atoms with Gasteiger partial charge in [-0.2, -0.15) is 0 Å². The highest BCUT2D eigenvalue weighted by Crippen LogP contribution is 2.21. The third-order valence-electron chi connectivity index (χ3n) is 3.17. The lowest BCUT2D eigenvalue weighted by molar-refractivity contribution is -0.113. The molecular weight excluding hydrogens is 332 g/mol. The number of amides is 1. The highest BCUT2D eigenvalue weighted by molar-refractivity contribution is 8.00. The smallest absolute Gasteiger partial charge is 0.238 e. The number of aryl methyl sites for hydroxylation is 2. The minimum Gasteiger partial charge on any atom is -0.325 e. The van der Waals surface area contributed by atoms with Crippen molar-refractivity contribution in [2.45, 2.75) is 23.6 Å². The van der Waals surface area contributed by atoms with Crippen molar-refractivity contribution in [3.05, 3.63) is 53.6 Å². The second kappa shape index (κ2) is 7.16. The molecular formula is C16H18N2O3S2. The van der Waals surface area contributed by atoms with Gasteiger partial charge in [0.25, 0.3) is 0 Å². The van der Waals surface area contributed by atoms with Gasteiger partial charge >= 0.3 is 0 Å². The summed E-state index contributed by atoms with van der Waals surface area (Å²) in [5.41, 5.74) is 2.11. The number of sulfonamides is 1. The number of rotatable bonds is 5. The standard InChI is InChI=1S/C16H18N2O3S2/c1-11-3-7-14(8-4-11)22-10-16(19)18-13-6-5-12(2)15(9-13)23(17,20)21/h3-9H,10H2,1-2H3,(H,18,19)(H2,17,20,21). The van der Waals surface area contributed by atoms with Crippen LogP contribution in [0.1, 0.15) is 11.1 Å².